The molecule has 2 rings (SSSR count). The van der Waals surface area contributed by atoms with E-state index in [0.717, 1.165) is 5.56 Å². The molecule has 0 bridgehead atoms. The Morgan fingerprint density at radius 3 is 2.48 bits per heavy atom. The van der Waals surface area contributed by atoms with Crippen LogP contribution in [0, 0.1) is 0 Å². The van der Waals surface area contributed by atoms with Gasteiger partial charge in [-0.05, 0) is 37.6 Å². The first-order chi connectivity index (χ1) is 10.1. The Morgan fingerprint density at radius 1 is 1.14 bits per heavy atom. The maximum Gasteiger partial charge on any atom is 0.338 e. The molecule has 0 saturated carbocycles. The van der Waals surface area contributed by atoms with E-state index in [1.165, 1.54) is 0 Å². The Bertz CT molecular complexity index is 609. The molecule has 2 aromatic carbocycles. The largest absolute Gasteiger partial charge is 0.487 e. The molecule has 0 spiro atoms. The van der Waals surface area contributed by atoms with E-state index in [-0.39, 0.29) is 12.1 Å². The van der Waals surface area contributed by atoms with Crippen LogP contribution in [0.1, 0.15) is 29.8 Å². The molecule has 0 saturated heterocycles. The van der Waals surface area contributed by atoms with Crippen LogP contribution in [0.5, 0.6) is 5.75 Å². The van der Waals surface area contributed by atoms with Crippen LogP contribution in [0.4, 0.5) is 0 Å². The van der Waals surface area contributed by atoms with Gasteiger partial charge in [-0.3, -0.25) is 0 Å². The lowest BCUT2D eigenvalue weighted by Crippen LogP contribution is -2.11. The van der Waals surface area contributed by atoms with E-state index >= 15 is 0 Å². The quantitative estimate of drug-likeness (QED) is 0.764. The summed E-state index contributed by atoms with van der Waals surface area (Å²) in [7, 11) is 0. The highest BCUT2D eigenvalue weighted by Gasteiger charge is 2.12. The highest BCUT2D eigenvalue weighted by molar-refractivity contribution is 6.32. The van der Waals surface area contributed by atoms with Gasteiger partial charge in [0.25, 0.3) is 0 Å². The zero-order valence-corrected chi connectivity index (χ0v) is 12.8. The average molecular weight is 305 g/mol. The molecule has 0 aliphatic rings. The normalized spacial score (nSPS) is 10.5. The Hall–Kier alpha value is -2.00. The van der Waals surface area contributed by atoms with Crippen molar-refractivity contribution in [3.63, 3.8) is 0 Å². The molecule has 2 aromatic rings. The SMILES string of the molecule is CC(C)OC(=O)c1ccc(OCc2ccccc2)c(Cl)c1. The standard InChI is InChI=1S/C17H17ClO3/c1-12(2)21-17(19)14-8-9-16(15(18)10-14)20-11-13-6-4-3-5-7-13/h3-10,12H,11H2,1-2H3. The maximum absolute atomic E-state index is 11.8. The summed E-state index contributed by atoms with van der Waals surface area (Å²) in [6.07, 6.45) is -0.162. The lowest BCUT2D eigenvalue weighted by atomic mass is 10.2. The third-order valence-electron chi connectivity index (χ3n) is 2.75. The predicted octanol–water partition coefficient (Wildman–Crippen LogP) is 4.48. The van der Waals surface area contributed by atoms with Crippen molar-refractivity contribution in [2.24, 2.45) is 0 Å². The minimum atomic E-state index is -0.387. The zero-order chi connectivity index (χ0) is 15.2. The van der Waals surface area contributed by atoms with Crippen LogP contribution in [-0.4, -0.2) is 12.1 Å². The van der Waals surface area contributed by atoms with E-state index < -0.39 is 0 Å². The minimum Gasteiger partial charge on any atom is -0.487 e. The monoisotopic (exact) mass is 304 g/mol. The number of rotatable bonds is 5. The van der Waals surface area contributed by atoms with Gasteiger partial charge in [-0.2, -0.15) is 0 Å². The van der Waals surface area contributed by atoms with Gasteiger partial charge in [0.1, 0.15) is 12.4 Å². The van der Waals surface area contributed by atoms with Gasteiger partial charge in [0.2, 0.25) is 0 Å². The number of esters is 1. The Morgan fingerprint density at radius 2 is 1.86 bits per heavy atom. The molecule has 0 fully saturated rings. The van der Waals surface area contributed by atoms with Crippen LogP contribution in [0.25, 0.3) is 0 Å². The molecule has 21 heavy (non-hydrogen) atoms. The topological polar surface area (TPSA) is 35.5 Å². The summed E-state index contributed by atoms with van der Waals surface area (Å²) < 4.78 is 10.8. The fraction of sp³-hybridized carbons (Fsp3) is 0.235. The van der Waals surface area contributed by atoms with Crippen LogP contribution >= 0.6 is 11.6 Å². The minimum absolute atomic E-state index is 0.162. The first-order valence-electron chi connectivity index (χ1n) is 6.73. The Balaban J connectivity index is 2.04. The molecule has 0 amide bonds. The van der Waals surface area contributed by atoms with Gasteiger partial charge in [0, 0.05) is 0 Å². The number of hydrogen-bond acceptors (Lipinski definition) is 3. The molecule has 0 unspecified atom stereocenters. The highest BCUT2D eigenvalue weighted by atomic mass is 35.5. The molecule has 0 heterocycles. The first kappa shape index (κ1) is 15.4. The van der Waals surface area contributed by atoms with Crippen molar-refractivity contribution < 1.29 is 14.3 Å². The number of benzene rings is 2. The molecular formula is C17H17ClO3. The van der Waals surface area contributed by atoms with Crippen LogP contribution in [0.3, 0.4) is 0 Å². The van der Waals surface area contributed by atoms with Crippen LogP contribution in [-0.2, 0) is 11.3 Å². The van der Waals surface area contributed by atoms with Crippen LogP contribution < -0.4 is 4.74 Å². The number of hydrogen-bond donors (Lipinski definition) is 0. The van der Waals surface area contributed by atoms with E-state index in [9.17, 15) is 4.79 Å². The van der Waals surface area contributed by atoms with Crippen molar-refractivity contribution in [3.05, 3.63) is 64.7 Å². The second-order valence-corrected chi connectivity index (χ2v) is 5.28. The summed E-state index contributed by atoms with van der Waals surface area (Å²) >= 11 is 6.14. The van der Waals surface area contributed by atoms with Gasteiger partial charge in [-0.25, -0.2) is 4.79 Å². The van der Waals surface area contributed by atoms with E-state index in [4.69, 9.17) is 21.1 Å². The van der Waals surface area contributed by atoms with E-state index in [1.807, 2.05) is 30.3 Å². The Labute approximate surface area is 129 Å². The van der Waals surface area contributed by atoms with Gasteiger partial charge >= 0.3 is 5.97 Å². The summed E-state index contributed by atoms with van der Waals surface area (Å²) in [6.45, 7) is 4.03. The lowest BCUT2D eigenvalue weighted by molar-refractivity contribution is 0.0378. The van der Waals surface area contributed by atoms with Crippen molar-refractivity contribution in [2.45, 2.75) is 26.6 Å². The fourth-order valence-electron chi connectivity index (χ4n) is 1.76. The molecular weight excluding hydrogens is 288 g/mol. The van der Waals surface area contributed by atoms with Gasteiger partial charge in [0.15, 0.2) is 0 Å². The highest BCUT2D eigenvalue weighted by Crippen LogP contribution is 2.26. The fourth-order valence-corrected chi connectivity index (χ4v) is 2.00. The van der Waals surface area contributed by atoms with Gasteiger partial charge in [-0.15, -0.1) is 0 Å². The van der Waals surface area contributed by atoms with Gasteiger partial charge in [0.05, 0.1) is 16.7 Å². The van der Waals surface area contributed by atoms with Crippen molar-refractivity contribution >= 4 is 17.6 Å². The van der Waals surface area contributed by atoms with Crippen molar-refractivity contribution in [1.82, 2.24) is 0 Å². The van der Waals surface area contributed by atoms with Crippen LogP contribution in [0.2, 0.25) is 5.02 Å². The number of ether oxygens (including phenoxy) is 2. The molecule has 0 atom stereocenters. The molecule has 0 N–H and O–H groups in total. The maximum atomic E-state index is 11.8. The number of halogens is 1. The lowest BCUT2D eigenvalue weighted by Gasteiger charge is -2.11. The molecule has 4 heteroatoms. The molecule has 0 aromatic heterocycles. The second-order valence-electron chi connectivity index (χ2n) is 4.87. The van der Waals surface area contributed by atoms with Gasteiger partial charge < -0.3 is 9.47 Å². The van der Waals surface area contributed by atoms with Gasteiger partial charge in [-0.1, -0.05) is 41.9 Å². The van der Waals surface area contributed by atoms with Crippen molar-refractivity contribution in [3.8, 4) is 5.75 Å². The summed E-state index contributed by atoms with van der Waals surface area (Å²) in [4.78, 5) is 11.8. The average Bonchev–Trinajstić information content (AvgIpc) is 2.46. The summed E-state index contributed by atoms with van der Waals surface area (Å²) in [5.74, 6) is 0.156. The van der Waals surface area contributed by atoms with E-state index in [1.54, 1.807) is 32.0 Å². The smallest absolute Gasteiger partial charge is 0.338 e. The van der Waals surface area contributed by atoms with Crippen LogP contribution in [0.15, 0.2) is 48.5 Å². The van der Waals surface area contributed by atoms with E-state index in [2.05, 4.69) is 0 Å². The molecule has 110 valence electrons. The molecule has 0 aliphatic heterocycles. The third kappa shape index (κ3) is 4.50. The van der Waals surface area contributed by atoms with E-state index in [0.29, 0.717) is 22.9 Å². The summed E-state index contributed by atoms with van der Waals surface area (Å²) in [6, 6.07) is 14.7. The Kier molecular flexibility index (Phi) is 5.23. The van der Waals surface area contributed by atoms with Crippen molar-refractivity contribution in [1.29, 1.82) is 0 Å². The first-order valence-corrected chi connectivity index (χ1v) is 7.11. The summed E-state index contributed by atoms with van der Waals surface area (Å²) in [5, 5.41) is 0.393. The third-order valence-corrected chi connectivity index (χ3v) is 3.04. The molecule has 0 radical (unpaired) electrons. The number of carbonyl (C=O) groups excluding carboxylic acids is 1. The molecule has 3 nitrogen and oxygen atoms in total. The second kappa shape index (κ2) is 7.14. The number of carbonyl (C=O) groups is 1. The zero-order valence-electron chi connectivity index (χ0n) is 12.0. The van der Waals surface area contributed by atoms with Crippen molar-refractivity contribution in [2.75, 3.05) is 0 Å². The molecule has 0 aliphatic carbocycles. The summed E-state index contributed by atoms with van der Waals surface area (Å²) in [5.41, 5.74) is 1.47. The predicted molar refractivity (Wildman–Crippen MR) is 82.8 cm³/mol.